The molecule has 0 aliphatic heterocycles. The van der Waals surface area contributed by atoms with Gasteiger partial charge < -0.3 is 10.1 Å². The fraction of sp³-hybridized carbons (Fsp3) is 0.353. The van der Waals surface area contributed by atoms with Crippen molar-refractivity contribution < 1.29 is 14.3 Å². The molecule has 1 heterocycles. The fourth-order valence-corrected chi connectivity index (χ4v) is 2.26. The number of nitrogens with one attached hydrogen (secondary N) is 1. The molecule has 1 aromatic carbocycles. The van der Waals surface area contributed by atoms with Gasteiger partial charge in [0.2, 0.25) is 0 Å². The number of aromatic nitrogens is 1. The Balaban J connectivity index is 1.81. The zero-order valence-electron chi connectivity index (χ0n) is 12.7. The Labute approximate surface area is 129 Å². The van der Waals surface area contributed by atoms with Crippen LogP contribution in [-0.4, -0.2) is 30.5 Å². The van der Waals surface area contributed by atoms with Crippen LogP contribution >= 0.6 is 0 Å². The van der Waals surface area contributed by atoms with Gasteiger partial charge in [0, 0.05) is 24.5 Å². The third-order valence-electron chi connectivity index (χ3n) is 3.46. The van der Waals surface area contributed by atoms with E-state index in [1.165, 1.54) is 7.11 Å². The summed E-state index contributed by atoms with van der Waals surface area (Å²) in [7, 11) is 1.39. The highest BCUT2D eigenvalue weighted by molar-refractivity contribution is 6.05. The van der Waals surface area contributed by atoms with E-state index < -0.39 is 0 Å². The molecular weight excluding hydrogens is 280 g/mol. The Hall–Kier alpha value is -2.43. The Kier molecular flexibility index (Phi) is 5.89. The molecule has 5 heteroatoms. The van der Waals surface area contributed by atoms with Crippen LogP contribution in [0.5, 0.6) is 0 Å². The van der Waals surface area contributed by atoms with E-state index in [2.05, 4.69) is 15.0 Å². The number of benzene rings is 1. The predicted octanol–water partition coefficient (Wildman–Crippen LogP) is 2.70. The molecule has 116 valence electrons. The van der Waals surface area contributed by atoms with Crippen molar-refractivity contribution in [2.45, 2.75) is 25.7 Å². The van der Waals surface area contributed by atoms with Gasteiger partial charge in [0.05, 0.1) is 7.11 Å². The Morgan fingerprint density at radius 1 is 1.14 bits per heavy atom. The van der Waals surface area contributed by atoms with E-state index in [0.29, 0.717) is 18.7 Å². The van der Waals surface area contributed by atoms with Gasteiger partial charge in [-0.3, -0.25) is 14.6 Å². The van der Waals surface area contributed by atoms with Crippen LogP contribution in [0.1, 0.15) is 36.2 Å². The predicted molar refractivity (Wildman–Crippen MR) is 84.6 cm³/mol. The summed E-state index contributed by atoms with van der Waals surface area (Å²) >= 11 is 0. The van der Waals surface area contributed by atoms with Crippen molar-refractivity contribution in [3.05, 3.63) is 42.2 Å². The molecule has 0 saturated carbocycles. The molecule has 1 N–H and O–H groups in total. The molecule has 1 aromatic heterocycles. The summed E-state index contributed by atoms with van der Waals surface area (Å²) in [5, 5.41) is 4.73. The highest BCUT2D eigenvalue weighted by Crippen LogP contribution is 2.16. The van der Waals surface area contributed by atoms with E-state index in [0.717, 1.165) is 30.0 Å². The van der Waals surface area contributed by atoms with E-state index in [4.69, 9.17) is 0 Å². The van der Waals surface area contributed by atoms with E-state index >= 15 is 0 Å². The lowest BCUT2D eigenvalue weighted by molar-refractivity contribution is -0.140. The number of amides is 1. The lowest BCUT2D eigenvalue weighted by Gasteiger charge is -2.07. The lowest BCUT2D eigenvalue weighted by Crippen LogP contribution is -2.25. The summed E-state index contributed by atoms with van der Waals surface area (Å²) in [4.78, 5) is 27.3. The summed E-state index contributed by atoms with van der Waals surface area (Å²) in [5.41, 5.74) is 0.452. The smallest absolute Gasteiger partial charge is 0.305 e. The SMILES string of the molecule is COC(=O)CCCCCNC(=O)c1nccc2ccccc12. The van der Waals surface area contributed by atoms with Gasteiger partial charge in [-0.25, -0.2) is 0 Å². The second kappa shape index (κ2) is 8.12. The number of nitrogens with zero attached hydrogens (tertiary/aromatic N) is 1. The van der Waals surface area contributed by atoms with Gasteiger partial charge in [0.1, 0.15) is 5.69 Å². The number of unbranched alkanes of at least 4 members (excludes halogenated alkanes) is 2. The quantitative estimate of drug-likeness (QED) is 0.630. The maximum absolute atomic E-state index is 12.2. The number of carbonyl (C=O) groups excluding carboxylic acids is 2. The molecule has 1 amide bonds. The maximum Gasteiger partial charge on any atom is 0.305 e. The highest BCUT2D eigenvalue weighted by Gasteiger charge is 2.10. The van der Waals surface area contributed by atoms with E-state index in [1.54, 1.807) is 6.20 Å². The van der Waals surface area contributed by atoms with Crippen LogP contribution in [0.15, 0.2) is 36.5 Å². The van der Waals surface area contributed by atoms with Gasteiger partial charge in [0.25, 0.3) is 5.91 Å². The molecule has 0 unspecified atom stereocenters. The first kappa shape index (κ1) is 15.9. The normalized spacial score (nSPS) is 10.4. The third-order valence-corrected chi connectivity index (χ3v) is 3.46. The van der Waals surface area contributed by atoms with Gasteiger partial charge in [-0.05, 0) is 24.3 Å². The average molecular weight is 300 g/mol. The van der Waals surface area contributed by atoms with Crippen LogP contribution in [0.2, 0.25) is 0 Å². The molecule has 0 bridgehead atoms. The van der Waals surface area contributed by atoms with Crippen molar-refractivity contribution in [2.24, 2.45) is 0 Å². The average Bonchev–Trinajstić information content (AvgIpc) is 2.56. The number of fused-ring (bicyclic) bond motifs is 1. The zero-order chi connectivity index (χ0) is 15.8. The van der Waals surface area contributed by atoms with Crippen molar-refractivity contribution in [1.82, 2.24) is 10.3 Å². The minimum absolute atomic E-state index is 0.162. The largest absolute Gasteiger partial charge is 0.469 e. The minimum atomic E-state index is -0.191. The molecule has 5 nitrogen and oxygen atoms in total. The van der Waals surface area contributed by atoms with Crippen LogP contribution in [-0.2, 0) is 9.53 Å². The molecule has 0 spiro atoms. The van der Waals surface area contributed by atoms with Crippen molar-refractivity contribution in [3.63, 3.8) is 0 Å². The highest BCUT2D eigenvalue weighted by atomic mass is 16.5. The summed E-state index contributed by atoms with van der Waals surface area (Å²) in [6.07, 6.45) is 4.55. The monoisotopic (exact) mass is 300 g/mol. The standard InChI is InChI=1S/C17H20N2O3/c1-22-15(20)9-3-2-6-11-19-17(21)16-14-8-5-4-7-13(14)10-12-18-16/h4-5,7-8,10,12H,2-3,6,9,11H2,1H3,(H,19,21). The number of hydrogen-bond donors (Lipinski definition) is 1. The number of esters is 1. The molecule has 22 heavy (non-hydrogen) atoms. The molecule has 0 radical (unpaired) electrons. The van der Waals surface area contributed by atoms with Crippen LogP contribution < -0.4 is 5.32 Å². The molecule has 0 aliphatic rings. The van der Waals surface area contributed by atoms with Gasteiger partial charge in [-0.15, -0.1) is 0 Å². The first-order chi connectivity index (χ1) is 10.7. The van der Waals surface area contributed by atoms with Gasteiger partial charge in [-0.1, -0.05) is 30.7 Å². The second-order valence-electron chi connectivity index (χ2n) is 5.02. The molecule has 0 aliphatic carbocycles. The number of ether oxygens (including phenoxy) is 1. The van der Waals surface area contributed by atoms with Gasteiger partial charge in [0.15, 0.2) is 0 Å². The number of pyridine rings is 1. The zero-order valence-corrected chi connectivity index (χ0v) is 12.7. The number of carbonyl (C=O) groups is 2. The van der Waals surface area contributed by atoms with Crippen molar-refractivity contribution in [3.8, 4) is 0 Å². The van der Waals surface area contributed by atoms with E-state index in [9.17, 15) is 9.59 Å². The summed E-state index contributed by atoms with van der Waals surface area (Å²) < 4.78 is 4.58. The van der Waals surface area contributed by atoms with Crippen molar-refractivity contribution >= 4 is 22.6 Å². The molecule has 0 saturated heterocycles. The Morgan fingerprint density at radius 3 is 2.77 bits per heavy atom. The Morgan fingerprint density at radius 2 is 1.95 bits per heavy atom. The maximum atomic E-state index is 12.2. The van der Waals surface area contributed by atoms with E-state index in [1.807, 2.05) is 30.3 Å². The van der Waals surface area contributed by atoms with Crippen LogP contribution in [0.25, 0.3) is 10.8 Å². The van der Waals surface area contributed by atoms with E-state index in [-0.39, 0.29) is 11.9 Å². The number of methoxy groups -OCH3 is 1. The molecule has 0 fully saturated rings. The van der Waals surface area contributed by atoms with Crippen molar-refractivity contribution in [2.75, 3.05) is 13.7 Å². The van der Waals surface area contributed by atoms with Gasteiger partial charge >= 0.3 is 5.97 Å². The number of hydrogen-bond acceptors (Lipinski definition) is 4. The van der Waals surface area contributed by atoms with Crippen LogP contribution in [0, 0.1) is 0 Å². The molecule has 0 atom stereocenters. The molecular formula is C17H20N2O3. The lowest BCUT2D eigenvalue weighted by atomic mass is 10.1. The fourth-order valence-electron chi connectivity index (χ4n) is 2.26. The second-order valence-corrected chi connectivity index (χ2v) is 5.02. The van der Waals surface area contributed by atoms with Crippen LogP contribution in [0.3, 0.4) is 0 Å². The minimum Gasteiger partial charge on any atom is -0.469 e. The number of rotatable bonds is 7. The molecule has 2 rings (SSSR count). The molecule has 2 aromatic rings. The van der Waals surface area contributed by atoms with Crippen molar-refractivity contribution in [1.29, 1.82) is 0 Å². The Bertz CT molecular complexity index is 650. The topological polar surface area (TPSA) is 68.3 Å². The van der Waals surface area contributed by atoms with Crippen LogP contribution in [0.4, 0.5) is 0 Å². The summed E-state index contributed by atoms with van der Waals surface area (Å²) in [6.45, 7) is 0.574. The summed E-state index contributed by atoms with van der Waals surface area (Å²) in [5.74, 6) is -0.353. The first-order valence-electron chi connectivity index (χ1n) is 7.41. The summed E-state index contributed by atoms with van der Waals surface area (Å²) in [6, 6.07) is 9.58. The first-order valence-corrected chi connectivity index (χ1v) is 7.41. The van der Waals surface area contributed by atoms with Gasteiger partial charge in [-0.2, -0.15) is 0 Å². The third kappa shape index (κ3) is 4.28.